The molecule has 1 saturated heterocycles. The second kappa shape index (κ2) is 7.73. The van der Waals surface area contributed by atoms with Crippen LogP contribution in [0.3, 0.4) is 0 Å². The Morgan fingerprint density at radius 1 is 1.36 bits per heavy atom. The lowest BCUT2D eigenvalue weighted by atomic mass is 10.1. The molecule has 0 saturated carbocycles. The zero-order valence-electron chi connectivity index (χ0n) is 15.0. The summed E-state index contributed by atoms with van der Waals surface area (Å²) in [5.41, 5.74) is 1.44. The van der Waals surface area contributed by atoms with Gasteiger partial charge in [0.05, 0.1) is 28.4 Å². The summed E-state index contributed by atoms with van der Waals surface area (Å²) in [4.78, 5) is 19.2. The van der Waals surface area contributed by atoms with E-state index in [0.717, 1.165) is 40.8 Å². The van der Waals surface area contributed by atoms with Gasteiger partial charge in [0.15, 0.2) is 5.13 Å². The number of carbonyl (C=O) groups excluding carboxylic acids is 1. The number of hydrogen-bond acceptors (Lipinski definition) is 4. The van der Waals surface area contributed by atoms with Crippen LogP contribution in [0.15, 0.2) is 30.3 Å². The number of nitrogens with zero attached hydrogens (tertiary/aromatic N) is 2. The van der Waals surface area contributed by atoms with Crippen molar-refractivity contribution < 1.29 is 18.3 Å². The molecule has 2 heterocycles. The number of fused-ring (bicyclic) bond motifs is 1. The first-order valence-electron chi connectivity index (χ1n) is 8.87. The number of amides is 1. The number of aromatic nitrogens is 1. The van der Waals surface area contributed by atoms with E-state index in [2.05, 4.69) is 4.98 Å². The summed E-state index contributed by atoms with van der Waals surface area (Å²) < 4.78 is 34.0. The van der Waals surface area contributed by atoms with Crippen molar-refractivity contribution >= 4 is 44.2 Å². The highest BCUT2D eigenvalue weighted by atomic mass is 35.5. The average Bonchev–Trinajstić information content (AvgIpc) is 3.28. The lowest BCUT2D eigenvalue weighted by molar-refractivity contribution is 0.0914. The molecule has 0 radical (unpaired) electrons. The van der Waals surface area contributed by atoms with Gasteiger partial charge in [-0.1, -0.05) is 22.9 Å². The molecule has 8 heteroatoms. The maximum absolute atomic E-state index is 14.3. The van der Waals surface area contributed by atoms with Crippen LogP contribution in [0.25, 0.3) is 10.2 Å². The van der Waals surface area contributed by atoms with Crippen LogP contribution in [0.1, 0.15) is 28.8 Å². The lowest BCUT2D eigenvalue weighted by Crippen LogP contribution is -2.38. The van der Waals surface area contributed by atoms with Gasteiger partial charge in [0.2, 0.25) is 0 Å². The molecular weight excluding hydrogens is 406 g/mol. The van der Waals surface area contributed by atoms with E-state index in [1.165, 1.54) is 16.2 Å². The molecule has 2 aromatic carbocycles. The normalized spacial score (nSPS) is 16.6. The number of thiazole rings is 1. The van der Waals surface area contributed by atoms with Crippen LogP contribution in [0, 0.1) is 18.6 Å². The minimum absolute atomic E-state index is 0.149. The van der Waals surface area contributed by atoms with Gasteiger partial charge in [-0.2, -0.15) is 0 Å². The first-order valence-corrected chi connectivity index (χ1v) is 10.1. The average molecular weight is 423 g/mol. The highest BCUT2D eigenvalue weighted by molar-refractivity contribution is 7.22. The van der Waals surface area contributed by atoms with Crippen molar-refractivity contribution in [2.45, 2.75) is 25.9 Å². The Labute approximate surface area is 169 Å². The van der Waals surface area contributed by atoms with Crippen LogP contribution in [0.2, 0.25) is 5.02 Å². The number of aryl methyl sites for hydroxylation is 1. The predicted octanol–water partition coefficient (Wildman–Crippen LogP) is 5.36. The van der Waals surface area contributed by atoms with Crippen LogP contribution in [-0.4, -0.2) is 30.1 Å². The minimum Gasteiger partial charge on any atom is -0.376 e. The highest BCUT2D eigenvalue weighted by Crippen LogP contribution is 2.34. The van der Waals surface area contributed by atoms with Crippen molar-refractivity contribution in [3.05, 3.63) is 58.1 Å². The van der Waals surface area contributed by atoms with Crippen LogP contribution >= 0.6 is 22.9 Å². The van der Waals surface area contributed by atoms with Crippen molar-refractivity contribution in [3.8, 4) is 0 Å². The molecule has 1 fully saturated rings. The molecule has 0 aliphatic carbocycles. The second-order valence-corrected chi connectivity index (χ2v) is 8.19. The summed E-state index contributed by atoms with van der Waals surface area (Å²) in [6.07, 6.45) is 1.57. The predicted molar refractivity (Wildman–Crippen MR) is 106 cm³/mol. The summed E-state index contributed by atoms with van der Waals surface area (Å²) in [5, 5.41) is 1.02. The highest BCUT2D eigenvalue weighted by Gasteiger charge is 2.28. The molecule has 28 heavy (non-hydrogen) atoms. The van der Waals surface area contributed by atoms with E-state index < -0.39 is 17.5 Å². The maximum atomic E-state index is 14.3. The number of ether oxygens (including phenoxy) is 1. The van der Waals surface area contributed by atoms with Crippen LogP contribution in [-0.2, 0) is 4.74 Å². The largest absolute Gasteiger partial charge is 0.376 e. The fourth-order valence-corrected chi connectivity index (χ4v) is 4.73. The molecule has 1 unspecified atom stereocenters. The van der Waals surface area contributed by atoms with Gasteiger partial charge >= 0.3 is 0 Å². The Balaban J connectivity index is 1.76. The molecule has 1 amide bonds. The maximum Gasteiger partial charge on any atom is 0.263 e. The summed E-state index contributed by atoms with van der Waals surface area (Å²) in [5.74, 6) is -2.21. The summed E-state index contributed by atoms with van der Waals surface area (Å²) >= 11 is 7.44. The van der Waals surface area contributed by atoms with E-state index in [1.807, 2.05) is 6.92 Å². The van der Waals surface area contributed by atoms with Crippen molar-refractivity contribution in [1.82, 2.24) is 4.98 Å². The SMILES string of the molecule is Cc1cc(Cl)cc2sc(N(CC3CCCO3)C(=O)c3ccc(F)cc3F)nc12. The molecule has 0 bridgehead atoms. The van der Waals surface area contributed by atoms with Crippen LogP contribution in [0.4, 0.5) is 13.9 Å². The fourth-order valence-electron chi connectivity index (χ4n) is 3.31. The van der Waals surface area contributed by atoms with Gasteiger partial charge in [0.1, 0.15) is 11.6 Å². The quantitative estimate of drug-likeness (QED) is 0.568. The van der Waals surface area contributed by atoms with E-state index in [-0.39, 0.29) is 18.2 Å². The van der Waals surface area contributed by atoms with E-state index in [0.29, 0.717) is 22.8 Å². The minimum atomic E-state index is -0.900. The molecule has 4 nitrogen and oxygen atoms in total. The van der Waals surface area contributed by atoms with Gasteiger partial charge in [0.25, 0.3) is 5.91 Å². The third-order valence-corrected chi connectivity index (χ3v) is 5.93. The fraction of sp³-hybridized carbons (Fsp3) is 0.300. The van der Waals surface area contributed by atoms with Gasteiger partial charge in [-0.25, -0.2) is 13.8 Å². The van der Waals surface area contributed by atoms with Gasteiger partial charge in [-0.15, -0.1) is 0 Å². The number of rotatable bonds is 4. The molecule has 4 rings (SSSR count). The van der Waals surface area contributed by atoms with Crippen molar-refractivity contribution in [2.75, 3.05) is 18.1 Å². The smallest absolute Gasteiger partial charge is 0.263 e. The van der Waals surface area contributed by atoms with Crippen molar-refractivity contribution in [1.29, 1.82) is 0 Å². The summed E-state index contributed by atoms with van der Waals surface area (Å²) in [6, 6.07) is 6.53. The number of anilines is 1. The molecule has 1 aliphatic heterocycles. The lowest BCUT2D eigenvalue weighted by Gasteiger charge is -2.23. The van der Waals surface area contributed by atoms with Gasteiger partial charge in [-0.3, -0.25) is 9.69 Å². The summed E-state index contributed by atoms with van der Waals surface area (Å²) in [6.45, 7) is 2.78. The third-order valence-electron chi connectivity index (χ3n) is 4.69. The van der Waals surface area contributed by atoms with Crippen molar-refractivity contribution in [2.24, 2.45) is 0 Å². The first kappa shape index (κ1) is 19.2. The Hall–Kier alpha value is -2.09. The van der Waals surface area contributed by atoms with E-state index in [1.54, 1.807) is 12.1 Å². The Kier molecular flexibility index (Phi) is 5.31. The number of carbonyl (C=O) groups is 1. The molecule has 1 atom stereocenters. The molecule has 3 aromatic rings. The standard InChI is InChI=1S/C20H17ClF2N2O2S/c1-11-7-12(21)8-17-18(11)24-20(28-17)25(10-14-3-2-6-27-14)19(26)15-5-4-13(22)9-16(15)23/h4-5,7-9,14H,2-3,6,10H2,1H3. The van der Waals surface area contributed by atoms with Gasteiger partial charge in [0, 0.05) is 17.7 Å². The van der Waals surface area contributed by atoms with E-state index in [4.69, 9.17) is 16.3 Å². The van der Waals surface area contributed by atoms with E-state index >= 15 is 0 Å². The van der Waals surface area contributed by atoms with Crippen molar-refractivity contribution in [3.63, 3.8) is 0 Å². The molecule has 0 spiro atoms. The molecule has 0 N–H and O–H groups in total. The van der Waals surface area contributed by atoms with E-state index in [9.17, 15) is 13.6 Å². The molecule has 1 aliphatic rings. The Bertz CT molecular complexity index is 1050. The zero-order valence-corrected chi connectivity index (χ0v) is 16.6. The monoisotopic (exact) mass is 422 g/mol. The topological polar surface area (TPSA) is 42.4 Å². The number of benzene rings is 2. The van der Waals surface area contributed by atoms with Gasteiger partial charge < -0.3 is 4.74 Å². The number of hydrogen-bond donors (Lipinski definition) is 0. The van der Waals surface area contributed by atoms with Crippen LogP contribution in [0.5, 0.6) is 0 Å². The molecule has 1 aromatic heterocycles. The Morgan fingerprint density at radius 3 is 2.89 bits per heavy atom. The molecular formula is C20H17ClF2N2O2S. The second-order valence-electron chi connectivity index (χ2n) is 6.74. The zero-order chi connectivity index (χ0) is 19.8. The summed E-state index contributed by atoms with van der Waals surface area (Å²) in [7, 11) is 0. The Morgan fingerprint density at radius 2 is 2.18 bits per heavy atom. The third kappa shape index (κ3) is 3.74. The van der Waals surface area contributed by atoms with Crippen LogP contribution < -0.4 is 4.90 Å². The number of halogens is 3. The first-order chi connectivity index (χ1) is 13.4. The molecule has 146 valence electrons. The van der Waals surface area contributed by atoms with Gasteiger partial charge in [-0.05, 0) is 49.6 Å².